The Morgan fingerprint density at radius 1 is 1.27 bits per heavy atom. The van der Waals surface area contributed by atoms with Gasteiger partial charge in [0.15, 0.2) is 5.75 Å². The Morgan fingerprint density at radius 3 is 2.77 bits per heavy atom. The van der Waals surface area contributed by atoms with Crippen molar-refractivity contribution in [2.45, 2.75) is 0 Å². The van der Waals surface area contributed by atoms with Crippen LogP contribution in [0, 0.1) is 0 Å². The van der Waals surface area contributed by atoms with Crippen LogP contribution in [0.4, 0.5) is 10.5 Å². The summed E-state index contributed by atoms with van der Waals surface area (Å²) in [6.07, 6.45) is 4.07. The fraction of sp³-hybridized carbons (Fsp3) is 0.118. The first kappa shape index (κ1) is 16.4. The zero-order valence-electron chi connectivity index (χ0n) is 13.9. The van der Waals surface area contributed by atoms with Gasteiger partial charge in [-0.1, -0.05) is 11.6 Å². The van der Waals surface area contributed by atoms with Crippen LogP contribution in [0.5, 0.6) is 5.75 Å². The van der Waals surface area contributed by atoms with E-state index in [0.29, 0.717) is 22.7 Å². The van der Waals surface area contributed by atoms with Crippen molar-refractivity contribution in [2.24, 2.45) is 0 Å². The number of aromatic nitrogens is 4. The lowest BCUT2D eigenvalue weighted by molar-refractivity contribution is 0.103. The molecule has 1 aliphatic rings. The molecule has 0 N–H and O–H groups in total. The summed E-state index contributed by atoms with van der Waals surface area (Å²) >= 11 is 5.89. The Kier molecular flexibility index (Phi) is 3.60. The number of halogens is 1. The zero-order chi connectivity index (χ0) is 18.5. The van der Waals surface area contributed by atoms with Crippen LogP contribution < -0.4 is 9.22 Å². The minimum Gasteiger partial charge on any atom is -0.374 e. The largest absolute Gasteiger partial charge is 0.526 e. The second kappa shape index (κ2) is 5.72. The summed E-state index contributed by atoms with van der Waals surface area (Å²) in [5.41, 5.74) is 1.48. The molecule has 0 radical (unpaired) electrons. The van der Waals surface area contributed by atoms with Crippen LogP contribution in [-0.4, -0.2) is 45.7 Å². The van der Waals surface area contributed by atoms with E-state index in [0.717, 1.165) is 0 Å². The smallest absolute Gasteiger partial charge is 0.374 e. The van der Waals surface area contributed by atoms with Crippen molar-refractivity contribution < 1.29 is 14.3 Å². The molecule has 4 rings (SSSR count). The van der Waals surface area contributed by atoms with E-state index in [1.54, 1.807) is 44.7 Å². The standard InChI is InChI=1S/C17H13ClN5O3/c1-23(2)15-12(26-17(23)25)5-4-10(14(15)22-7-3-6-21-22)16(24)11-8-13(18)20-9-19-11/h3-9H,1-2H3/q+1. The number of ketones is 1. The molecule has 9 heteroatoms. The quantitative estimate of drug-likeness (QED) is 0.400. The van der Waals surface area contributed by atoms with E-state index in [9.17, 15) is 9.59 Å². The highest BCUT2D eigenvalue weighted by Gasteiger charge is 2.46. The van der Waals surface area contributed by atoms with Crippen LogP contribution in [0.25, 0.3) is 5.69 Å². The molecule has 3 aromatic rings. The third kappa shape index (κ3) is 2.39. The number of rotatable bonds is 3. The average Bonchev–Trinajstić information content (AvgIpc) is 3.21. The fourth-order valence-corrected chi connectivity index (χ4v) is 3.04. The number of fused-ring (bicyclic) bond motifs is 1. The van der Waals surface area contributed by atoms with Gasteiger partial charge in [0.05, 0.1) is 19.7 Å². The highest BCUT2D eigenvalue weighted by molar-refractivity contribution is 6.29. The van der Waals surface area contributed by atoms with Crippen LogP contribution >= 0.6 is 11.6 Å². The minimum atomic E-state index is -0.442. The van der Waals surface area contributed by atoms with Crippen molar-refractivity contribution in [3.8, 4) is 11.4 Å². The first-order valence-corrected chi connectivity index (χ1v) is 8.03. The van der Waals surface area contributed by atoms with E-state index in [1.165, 1.54) is 17.1 Å². The first-order chi connectivity index (χ1) is 12.4. The number of carbonyl (C=O) groups excluding carboxylic acids is 2. The van der Waals surface area contributed by atoms with Crippen LogP contribution in [-0.2, 0) is 0 Å². The van der Waals surface area contributed by atoms with E-state index in [2.05, 4.69) is 15.1 Å². The summed E-state index contributed by atoms with van der Waals surface area (Å²) in [6, 6.07) is 6.31. The number of benzene rings is 1. The van der Waals surface area contributed by atoms with Gasteiger partial charge in [-0.3, -0.25) is 4.79 Å². The number of ether oxygens (including phenoxy) is 1. The van der Waals surface area contributed by atoms with Gasteiger partial charge >= 0.3 is 6.09 Å². The predicted octanol–water partition coefficient (Wildman–Crippen LogP) is 2.63. The number of hydrogen-bond donors (Lipinski definition) is 0. The van der Waals surface area contributed by atoms with Gasteiger partial charge in [0.2, 0.25) is 11.5 Å². The predicted molar refractivity (Wildman–Crippen MR) is 93.7 cm³/mol. The highest BCUT2D eigenvalue weighted by Crippen LogP contribution is 2.44. The molecule has 0 aliphatic carbocycles. The third-order valence-corrected chi connectivity index (χ3v) is 4.38. The topological polar surface area (TPSA) is 87.0 Å². The molecular formula is C17H13ClN5O3+. The summed E-state index contributed by atoms with van der Waals surface area (Å²) in [7, 11) is 3.38. The Balaban J connectivity index is 1.99. The lowest BCUT2D eigenvalue weighted by Crippen LogP contribution is -2.44. The Hall–Kier alpha value is -3.10. The van der Waals surface area contributed by atoms with Crippen molar-refractivity contribution in [3.05, 3.63) is 59.4 Å². The summed E-state index contributed by atoms with van der Waals surface area (Å²) in [5, 5.41) is 4.40. The van der Waals surface area contributed by atoms with Crippen LogP contribution in [0.1, 0.15) is 16.1 Å². The average molecular weight is 371 g/mol. The molecule has 0 fully saturated rings. The van der Waals surface area contributed by atoms with Gasteiger partial charge in [0, 0.05) is 18.5 Å². The molecule has 0 spiro atoms. The lowest BCUT2D eigenvalue weighted by atomic mass is 10.0. The van der Waals surface area contributed by atoms with Gasteiger partial charge in [0.25, 0.3) is 0 Å². The maximum absolute atomic E-state index is 13.1. The molecule has 26 heavy (non-hydrogen) atoms. The second-order valence-corrected chi connectivity index (χ2v) is 6.52. The monoisotopic (exact) mass is 370 g/mol. The van der Waals surface area contributed by atoms with Gasteiger partial charge in [-0.05, 0) is 18.2 Å². The number of amides is 1. The van der Waals surface area contributed by atoms with Gasteiger partial charge < -0.3 is 4.74 Å². The minimum absolute atomic E-state index is 0.147. The lowest BCUT2D eigenvalue weighted by Gasteiger charge is -2.20. The third-order valence-electron chi connectivity index (χ3n) is 4.17. The molecule has 3 heterocycles. The van der Waals surface area contributed by atoms with Gasteiger partial charge in [-0.2, -0.15) is 14.4 Å². The Labute approximate surface area is 153 Å². The molecule has 1 aromatic carbocycles. The van der Waals surface area contributed by atoms with Crippen LogP contribution in [0.3, 0.4) is 0 Å². The highest BCUT2D eigenvalue weighted by atomic mass is 35.5. The molecule has 130 valence electrons. The number of quaternary nitrogens is 1. The van der Waals surface area contributed by atoms with Gasteiger partial charge in [-0.25, -0.2) is 14.6 Å². The van der Waals surface area contributed by atoms with Gasteiger partial charge in [0.1, 0.15) is 22.9 Å². The van der Waals surface area contributed by atoms with Crippen LogP contribution in [0.15, 0.2) is 43.0 Å². The van der Waals surface area contributed by atoms with E-state index in [4.69, 9.17) is 16.3 Å². The Bertz CT molecular complexity index is 1050. The summed E-state index contributed by atoms with van der Waals surface area (Å²) in [6.45, 7) is 0. The first-order valence-electron chi connectivity index (χ1n) is 7.66. The molecule has 2 aromatic heterocycles. The summed E-state index contributed by atoms with van der Waals surface area (Å²) in [4.78, 5) is 33.2. The summed E-state index contributed by atoms with van der Waals surface area (Å²) in [5.74, 6) is 0.0321. The van der Waals surface area contributed by atoms with Crippen molar-refractivity contribution in [2.75, 3.05) is 14.1 Å². The van der Waals surface area contributed by atoms with Crippen molar-refractivity contribution >= 4 is 29.2 Å². The van der Waals surface area contributed by atoms with Crippen molar-refractivity contribution in [1.29, 1.82) is 0 Å². The summed E-state index contributed by atoms with van der Waals surface area (Å²) < 4.78 is 6.72. The molecular weight excluding hydrogens is 358 g/mol. The van der Waals surface area contributed by atoms with E-state index >= 15 is 0 Å². The van der Waals surface area contributed by atoms with E-state index in [1.807, 2.05) is 0 Å². The van der Waals surface area contributed by atoms with Gasteiger partial charge in [-0.15, -0.1) is 0 Å². The number of nitrogens with zero attached hydrogens (tertiary/aromatic N) is 5. The Morgan fingerprint density at radius 2 is 2.08 bits per heavy atom. The SMILES string of the molecule is C[N+]1(C)C(=O)Oc2ccc(C(=O)c3cc(Cl)ncn3)c(-n3cccn3)c21. The molecule has 1 aliphatic heterocycles. The van der Waals surface area contributed by atoms with Crippen LogP contribution in [0.2, 0.25) is 5.15 Å². The maximum atomic E-state index is 13.1. The second-order valence-electron chi connectivity index (χ2n) is 6.14. The molecule has 0 saturated heterocycles. The normalized spacial score (nSPS) is 14.8. The molecule has 0 unspecified atom stereocenters. The maximum Gasteiger partial charge on any atom is 0.526 e. The molecule has 0 bridgehead atoms. The molecule has 8 nitrogen and oxygen atoms in total. The van der Waals surface area contributed by atoms with E-state index < -0.39 is 6.09 Å². The fourth-order valence-electron chi connectivity index (χ4n) is 2.90. The van der Waals surface area contributed by atoms with E-state index in [-0.39, 0.29) is 21.1 Å². The molecule has 0 saturated carbocycles. The van der Waals surface area contributed by atoms with Crippen molar-refractivity contribution in [1.82, 2.24) is 24.2 Å². The number of hydrogen-bond acceptors (Lipinski definition) is 6. The zero-order valence-corrected chi connectivity index (χ0v) is 14.6. The molecule has 1 amide bonds. The molecule has 0 atom stereocenters. The van der Waals surface area contributed by atoms with Crippen molar-refractivity contribution in [3.63, 3.8) is 0 Å². The number of carbonyl (C=O) groups is 2.